The van der Waals surface area contributed by atoms with E-state index in [4.69, 9.17) is 4.74 Å². The highest BCUT2D eigenvalue weighted by molar-refractivity contribution is 8.18. The quantitative estimate of drug-likeness (QED) is 0.182. The van der Waals surface area contributed by atoms with Crippen LogP contribution < -0.4 is 4.74 Å². The van der Waals surface area contributed by atoms with E-state index in [1.165, 1.54) is 42.5 Å². The number of nitrogens with zero attached hydrogens (tertiary/aromatic N) is 4. The summed E-state index contributed by atoms with van der Waals surface area (Å²) in [5.74, 6) is -0.604. The number of rotatable bonds is 8. The van der Waals surface area contributed by atoms with E-state index in [0.29, 0.717) is 23.1 Å². The number of carbonyl (C=O) groups excluding carboxylic acids is 3. The van der Waals surface area contributed by atoms with E-state index in [-0.39, 0.29) is 27.7 Å². The molecule has 1 aromatic heterocycles. The molecule has 0 spiro atoms. The highest BCUT2D eigenvalue weighted by Gasteiger charge is 2.36. The lowest BCUT2D eigenvalue weighted by Crippen LogP contribution is -2.33. The van der Waals surface area contributed by atoms with Crippen LogP contribution in [0.1, 0.15) is 15.9 Å². The smallest absolute Gasteiger partial charge is 0.293 e. The van der Waals surface area contributed by atoms with Crippen molar-refractivity contribution in [3.63, 3.8) is 0 Å². The van der Waals surface area contributed by atoms with E-state index in [0.717, 1.165) is 11.1 Å². The number of ketones is 1. The Morgan fingerprint density at radius 2 is 1.58 bits per heavy atom. The molecule has 1 aliphatic rings. The summed E-state index contributed by atoms with van der Waals surface area (Å²) in [4.78, 5) is 62.6. The zero-order valence-electron chi connectivity index (χ0n) is 18.1. The van der Waals surface area contributed by atoms with Crippen LogP contribution >= 0.6 is 11.8 Å². The van der Waals surface area contributed by atoms with Crippen LogP contribution in [0.25, 0.3) is 6.08 Å². The number of hydrogen-bond donors (Lipinski definition) is 0. The number of nitro benzene ring substituents is 1. The minimum absolute atomic E-state index is 0.127. The zero-order valence-corrected chi connectivity index (χ0v) is 18.9. The van der Waals surface area contributed by atoms with Gasteiger partial charge in [-0.25, -0.2) is 4.98 Å². The number of carbonyl (C=O) groups is 3. The van der Waals surface area contributed by atoms with Crippen molar-refractivity contribution in [3.8, 4) is 11.6 Å². The van der Waals surface area contributed by atoms with E-state index in [9.17, 15) is 34.6 Å². The van der Waals surface area contributed by atoms with E-state index in [1.807, 2.05) is 0 Å². The Labute approximate surface area is 206 Å². The van der Waals surface area contributed by atoms with Gasteiger partial charge in [0.2, 0.25) is 5.88 Å². The first kappa shape index (κ1) is 24.2. The van der Waals surface area contributed by atoms with Gasteiger partial charge in [0.1, 0.15) is 11.9 Å². The number of non-ortho nitro benzene ring substituents is 1. The number of nitro groups is 2. The van der Waals surface area contributed by atoms with Crippen LogP contribution in [0, 0.1) is 20.2 Å². The van der Waals surface area contributed by atoms with Crippen LogP contribution in [0.2, 0.25) is 0 Å². The first-order chi connectivity index (χ1) is 17.2. The number of hydrogen-bond acceptors (Lipinski definition) is 10. The summed E-state index contributed by atoms with van der Waals surface area (Å²) in [6.07, 6.45) is 2.57. The molecule has 0 saturated carbocycles. The van der Waals surface area contributed by atoms with Crippen molar-refractivity contribution in [1.29, 1.82) is 0 Å². The van der Waals surface area contributed by atoms with Gasteiger partial charge >= 0.3 is 0 Å². The molecule has 0 unspecified atom stereocenters. The Bertz CT molecular complexity index is 1400. The molecule has 36 heavy (non-hydrogen) atoms. The minimum atomic E-state index is -0.629. The molecule has 2 aromatic carbocycles. The number of benzene rings is 2. The molecule has 1 aliphatic heterocycles. The Kier molecular flexibility index (Phi) is 6.83. The van der Waals surface area contributed by atoms with Crippen LogP contribution in [-0.4, -0.2) is 43.2 Å². The van der Waals surface area contributed by atoms with Gasteiger partial charge in [0.05, 0.1) is 21.3 Å². The summed E-state index contributed by atoms with van der Waals surface area (Å²) >= 11 is 0.691. The predicted molar refractivity (Wildman–Crippen MR) is 128 cm³/mol. The number of amides is 2. The fourth-order valence-electron chi connectivity index (χ4n) is 3.09. The molecule has 3 aromatic rings. The molecular weight excluding hydrogens is 492 g/mol. The third kappa shape index (κ3) is 5.42. The molecule has 0 N–H and O–H groups in total. The largest absolute Gasteiger partial charge is 0.439 e. The highest BCUT2D eigenvalue weighted by atomic mass is 32.2. The summed E-state index contributed by atoms with van der Waals surface area (Å²) in [6, 6.07) is 14.0. The lowest BCUT2D eigenvalue weighted by atomic mass is 10.1. The average molecular weight is 506 g/mol. The monoisotopic (exact) mass is 506 g/mol. The lowest BCUT2D eigenvalue weighted by molar-refractivity contribution is -0.385. The van der Waals surface area contributed by atoms with Gasteiger partial charge in [0.25, 0.3) is 22.5 Å². The van der Waals surface area contributed by atoms with E-state index < -0.39 is 33.3 Å². The van der Waals surface area contributed by atoms with Crippen LogP contribution in [0.15, 0.2) is 71.8 Å². The third-order valence-electron chi connectivity index (χ3n) is 4.91. The minimum Gasteiger partial charge on any atom is -0.439 e. The Balaban J connectivity index is 1.41. The Hall–Kier alpha value is -4.91. The second-order valence-electron chi connectivity index (χ2n) is 7.28. The lowest BCUT2D eigenvalue weighted by Gasteiger charge is -2.11. The van der Waals surface area contributed by atoms with Crippen molar-refractivity contribution in [2.24, 2.45) is 0 Å². The van der Waals surface area contributed by atoms with Crippen molar-refractivity contribution in [3.05, 3.63) is 103 Å². The van der Waals surface area contributed by atoms with Gasteiger partial charge in [-0.3, -0.25) is 39.5 Å². The molecule has 2 heterocycles. The molecule has 1 fully saturated rings. The maximum atomic E-state index is 12.7. The van der Waals surface area contributed by atoms with Crippen LogP contribution in [0.4, 0.5) is 16.2 Å². The SMILES string of the molecule is O=C(CN1C(=O)S/C(=C\c2ccc(Oc3ccc([N+](=O)[O-])cn3)cc2)C1=O)c1ccc([N+](=O)[O-])cc1. The topological polar surface area (TPSA) is 163 Å². The van der Waals surface area contributed by atoms with Crippen LogP contribution in [0.5, 0.6) is 11.6 Å². The van der Waals surface area contributed by atoms with Crippen molar-refractivity contribution < 1.29 is 29.0 Å². The van der Waals surface area contributed by atoms with Crippen molar-refractivity contribution in [2.45, 2.75) is 0 Å². The molecule has 0 bridgehead atoms. The van der Waals surface area contributed by atoms with Crippen molar-refractivity contribution in [1.82, 2.24) is 9.88 Å². The van der Waals surface area contributed by atoms with Crippen LogP contribution in [0.3, 0.4) is 0 Å². The zero-order chi connectivity index (χ0) is 25.8. The fraction of sp³-hybridized carbons (Fsp3) is 0.0435. The summed E-state index contributed by atoms with van der Waals surface area (Å²) in [7, 11) is 0. The maximum Gasteiger partial charge on any atom is 0.293 e. The van der Waals surface area contributed by atoms with E-state index >= 15 is 0 Å². The molecule has 12 nitrogen and oxygen atoms in total. The van der Waals surface area contributed by atoms with E-state index in [1.54, 1.807) is 24.3 Å². The number of thioether (sulfide) groups is 1. The van der Waals surface area contributed by atoms with Gasteiger partial charge in [-0.15, -0.1) is 0 Å². The number of imide groups is 1. The summed E-state index contributed by atoms with van der Waals surface area (Å²) < 4.78 is 5.54. The second kappa shape index (κ2) is 10.1. The third-order valence-corrected chi connectivity index (χ3v) is 5.81. The Morgan fingerprint density at radius 3 is 2.17 bits per heavy atom. The number of pyridine rings is 1. The number of aromatic nitrogens is 1. The molecule has 4 rings (SSSR count). The van der Waals surface area contributed by atoms with Gasteiger partial charge in [-0.1, -0.05) is 12.1 Å². The number of Topliss-reactive ketones (excluding diaryl/α,β-unsaturated/α-hetero) is 1. The van der Waals surface area contributed by atoms with Gasteiger partial charge in [0, 0.05) is 29.8 Å². The van der Waals surface area contributed by atoms with Crippen molar-refractivity contribution >= 4 is 46.1 Å². The molecule has 0 radical (unpaired) electrons. The Morgan fingerprint density at radius 1 is 0.944 bits per heavy atom. The normalized spacial score (nSPS) is 14.2. The summed E-state index contributed by atoms with van der Waals surface area (Å²) in [5, 5.41) is 20.8. The first-order valence-electron chi connectivity index (χ1n) is 10.1. The number of ether oxygens (including phenoxy) is 1. The predicted octanol–water partition coefficient (Wildman–Crippen LogP) is 4.61. The molecule has 0 aliphatic carbocycles. The van der Waals surface area contributed by atoms with E-state index in [2.05, 4.69) is 4.98 Å². The fourth-order valence-corrected chi connectivity index (χ4v) is 3.92. The van der Waals surface area contributed by atoms with Gasteiger partial charge in [0.15, 0.2) is 5.78 Å². The van der Waals surface area contributed by atoms with Gasteiger partial charge < -0.3 is 4.74 Å². The standard InChI is InChI=1S/C23H14N4O8S/c28-19(15-3-5-16(6-4-15)26(31)32)13-25-22(29)20(36-23(25)30)11-14-1-8-18(9-2-14)35-21-10-7-17(12-24-21)27(33)34/h1-12H,13H2/b20-11-. The summed E-state index contributed by atoms with van der Waals surface area (Å²) in [5.41, 5.74) is 0.384. The van der Waals surface area contributed by atoms with Crippen molar-refractivity contribution in [2.75, 3.05) is 6.54 Å². The molecule has 1 saturated heterocycles. The molecular formula is C23H14N4O8S. The maximum absolute atomic E-state index is 12.7. The summed E-state index contributed by atoms with van der Waals surface area (Å²) in [6.45, 7) is -0.491. The first-order valence-corrected chi connectivity index (χ1v) is 10.9. The molecule has 2 amide bonds. The molecule has 180 valence electrons. The molecule has 13 heteroatoms. The second-order valence-corrected chi connectivity index (χ2v) is 8.27. The highest BCUT2D eigenvalue weighted by Crippen LogP contribution is 2.33. The molecule has 0 atom stereocenters. The van der Waals surface area contributed by atoms with Crippen LogP contribution in [-0.2, 0) is 4.79 Å². The average Bonchev–Trinajstić information content (AvgIpc) is 3.12. The van der Waals surface area contributed by atoms with Gasteiger partial charge in [-0.2, -0.15) is 0 Å². The van der Waals surface area contributed by atoms with Gasteiger partial charge in [-0.05, 0) is 47.7 Å².